The highest BCUT2D eigenvalue weighted by molar-refractivity contribution is 6.35. The zero-order valence-electron chi connectivity index (χ0n) is 16.8. The molecular formula is C21H23Cl2N3O4. The molecule has 0 bridgehead atoms. The Kier molecular flexibility index (Phi) is 7.42. The first-order valence-electron chi connectivity index (χ1n) is 9.41. The van der Waals surface area contributed by atoms with Gasteiger partial charge in [0.1, 0.15) is 5.75 Å². The monoisotopic (exact) mass is 451 g/mol. The minimum Gasteiger partial charge on any atom is -0.482 e. The number of anilines is 2. The molecule has 1 heterocycles. The van der Waals surface area contributed by atoms with Gasteiger partial charge in [0.15, 0.2) is 6.61 Å². The van der Waals surface area contributed by atoms with E-state index in [2.05, 4.69) is 22.2 Å². The minimum atomic E-state index is -0.473. The van der Waals surface area contributed by atoms with E-state index < -0.39 is 5.97 Å². The van der Waals surface area contributed by atoms with Gasteiger partial charge in [-0.2, -0.15) is 0 Å². The molecule has 9 heteroatoms. The average molecular weight is 452 g/mol. The van der Waals surface area contributed by atoms with Crippen LogP contribution in [0.5, 0.6) is 5.75 Å². The number of likely N-dealkylation sites (N-methyl/N-ethyl adjacent to an activating group) is 1. The molecule has 3 rings (SSSR count). The summed E-state index contributed by atoms with van der Waals surface area (Å²) in [4.78, 5) is 28.9. The fourth-order valence-corrected chi connectivity index (χ4v) is 3.59. The molecule has 1 saturated heterocycles. The quantitative estimate of drug-likeness (QED) is 0.677. The number of esters is 1. The summed E-state index contributed by atoms with van der Waals surface area (Å²) in [6.07, 6.45) is 0. The number of hydrogen-bond acceptors (Lipinski definition) is 6. The highest BCUT2D eigenvalue weighted by atomic mass is 35.5. The van der Waals surface area contributed by atoms with Gasteiger partial charge in [-0.15, -0.1) is 0 Å². The predicted molar refractivity (Wildman–Crippen MR) is 118 cm³/mol. The molecule has 0 aromatic heterocycles. The van der Waals surface area contributed by atoms with Crippen LogP contribution in [-0.2, 0) is 9.53 Å². The maximum absolute atomic E-state index is 12.6. The van der Waals surface area contributed by atoms with Gasteiger partial charge in [0, 0.05) is 31.2 Å². The average Bonchev–Trinajstić information content (AvgIpc) is 2.73. The van der Waals surface area contributed by atoms with Gasteiger partial charge < -0.3 is 24.6 Å². The van der Waals surface area contributed by atoms with E-state index in [1.165, 1.54) is 7.11 Å². The van der Waals surface area contributed by atoms with E-state index in [4.69, 9.17) is 32.7 Å². The Bertz CT molecular complexity index is 930. The normalized spacial score (nSPS) is 14.3. The number of carbonyl (C=O) groups excluding carboxylic acids is 2. The number of rotatable bonds is 6. The first-order valence-corrected chi connectivity index (χ1v) is 10.2. The second-order valence-corrected chi connectivity index (χ2v) is 7.77. The number of ether oxygens (including phenoxy) is 2. The molecule has 0 aliphatic carbocycles. The molecule has 1 N–H and O–H groups in total. The summed E-state index contributed by atoms with van der Waals surface area (Å²) in [5.41, 5.74) is 1.72. The zero-order valence-corrected chi connectivity index (χ0v) is 18.3. The molecule has 2 aromatic rings. The third kappa shape index (κ3) is 5.56. The molecule has 0 atom stereocenters. The van der Waals surface area contributed by atoms with Crippen molar-refractivity contribution in [2.45, 2.75) is 0 Å². The summed E-state index contributed by atoms with van der Waals surface area (Å²) < 4.78 is 10.3. The number of halogens is 2. The van der Waals surface area contributed by atoms with Crippen molar-refractivity contribution in [3.05, 3.63) is 52.0 Å². The number of methoxy groups -OCH3 is 1. The first-order chi connectivity index (χ1) is 14.4. The molecule has 7 nitrogen and oxygen atoms in total. The number of nitrogens with one attached hydrogen (secondary N) is 1. The van der Waals surface area contributed by atoms with E-state index in [1.807, 2.05) is 6.07 Å². The van der Waals surface area contributed by atoms with Crippen molar-refractivity contribution < 1.29 is 19.1 Å². The largest absolute Gasteiger partial charge is 0.482 e. The van der Waals surface area contributed by atoms with Crippen molar-refractivity contribution in [2.24, 2.45) is 0 Å². The summed E-state index contributed by atoms with van der Waals surface area (Å²) in [7, 11) is 3.39. The highest BCUT2D eigenvalue weighted by Gasteiger charge is 2.20. The van der Waals surface area contributed by atoms with Crippen LogP contribution in [0.3, 0.4) is 0 Å². The van der Waals surface area contributed by atoms with E-state index >= 15 is 0 Å². The zero-order chi connectivity index (χ0) is 21.7. The van der Waals surface area contributed by atoms with Crippen LogP contribution in [0.2, 0.25) is 10.0 Å². The van der Waals surface area contributed by atoms with Crippen molar-refractivity contribution in [3.63, 3.8) is 0 Å². The minimum absolute atomic E-state index is 0.244. The summed E-state index contributed by atoms with van der Waals surface area (Å²) in [5.74, 6) is -0.489. The number of benzene rings is 2. The Labute approximate surface area is 185 Å². The SMILES string of the molecule is COC(=O)c1ccc(N2CCN(C)CC2)c(NC(=O)COc2ccc(Cl)cc2Cl)c1. The van der Waals surface area contributed by atoms with Crippen LogP contribution in [0, 0.1) is 0 Å². The molecule has 160 valence electrons. The van der Waals surface area contributed by atoms with Crippen LogP contribution in [0.15, 0.2) is 36.4 Å². The van der Waals surface area contributed by atoms with Gasteiger partial charge in [-0.3, -0.25) is 4.79 Å². The second-order valence-electron chi connectivity index (χ2n) is 6.93. The number of piperazine rings is 1. The highest BCUT2D eigenvalue weighted by Crippen LogP contribution is 2.30. The molecule has 0 spiro atoms. The van der Waals surface area contributed by atoms with Crippen LogP contribution in [0.1, 0.15) is 10.4 Å². The van der Waals surface area contributed by atoms with Crippen molar-refractivity contribution in [2.75, 3.05) is 57.2 Å². The van der Waals surface area contributed by atoms with Gasteiger partial charge in [0.25, 0.3) is 5.91 Å². The van der Waals surface area contributed by atoms with Crippen LogP contribution in [0.4, 0.5) is 11.4 Å². The lowest BCUT2D eigenvalue weighted by Gasteiger charge is -2.35. The number of carbonyl (C=O) groups is 2. The van der Waals surface area contributed by atoms with Gasteiger partial charge >= 0.3 is 5.97 Å². The smallest absolute Gasteiger partial charge is 0.337 e. The summed E-state index contributed by atoms with van der Waals surface area (Å²) >= 11 is 12.0. The standard InChI is InChI=1S/C21H23Cl2N3O4/c1-25-7-9-26(10-8-25)18-5-3-14(21(28)29-2)11-17(18)24-20(27)13-30-19-6-4-15(22)12-16(19)23/h3-6,11-12H,7-10,13H2,1-2H3,(H,24,27). The van der Waals surface area contributed by atoms with E-state index in [1.54, 1.807) is 30.3 Å². The van der Waals surface area contributed by atoms with Gasteiger partial charge in [-0.1, -0.05) is 23.2 Å². The third-order valence-electron chi connectivity index (χ3n) is 4.79. The molecule has 30 heavy (non-hydrogen) atoms. The Morgan fingerprint density at radius 3 is 2.47 bits per heavy atom. The lowest BCUT2D eigenvalue weighted by atomic mass is 10.1. The van der Waals surface area contributed by atoms with Crippen molar-refractivity contribution in [1.82, 2.24) is 4.90 Å². The maximum atomic E-state index is 12.6. The number of hydrogen-bond donors (Lipinski definition) is 1. The fourth-order valence-electron chi connectivity index (χ4n) is 3.13. The lowest BCUT2D eigenvalue weighted by molar-refractivity contribution is -0.118. The molecule has 1 fully saturated rings. The second kappa shape index (κ2) is 10.0. The number of amides is 1. The molecule has 0 saturated carbocycles. The van der Waals surface area contributed by atoms with Gasteiger partial charge in [0.05, 0.1) is 29.1 Å². The van der Waals surface area contributed by atoms with E-state index in [-0.39, 0.29) is 12.5 Å². The summed E-state index contributed by atoms with van der Waals surface area (Å²) in [6, 6.07) is 9.91. The molecule has 1 aliphatic heterocycles. The summed E-state index contributed by atoms with van der Waals surface area (Å²) in [6.45, 7) is 3.20. The van der Waals surface area contributed by atoms with Crippen molar-refractivity contribution in [1.29, 1.82) is 0 Å². The molecule has 2 aromatic carbocycles. The first kappa shape index (κ1) is 22.2. The summed E-state index contributed by atoms with van der Waals surface area (Å²) in [5, 5.41) is 3.64. The third-order valence-corrected chi connectivity index (χ3v) is 5.32. The van der Waals surface area contributed by atoms with E-state index in [9.17, 15) is 9.59 Å². The van der Waals surface area contributed by atoms with Crippen molar-refractivity contribution >= 4 is 46.5 Å². The van der Waals surface area contributed by atoms with E-state index in [0.717, 1.165) is 31.9 Å². The molecular weight excluding hydrogens is 429 g/mol. The van der Waals surface area contributed by atoms with Gasteiger partial charge in [0.2, 0.25) is 0 Å². The van der Waals surface area contributed by atoms with Crippen LogP contribution < -0.4 is 15.0 Å². The van der Waals surface area contributed by atoms with Crippen LogP contribution in [0.25, 0.3) is 0 Å². The lowest BCUT2D eigenvalue weighted by Crippen LogP contribution is -2.44. The Morgan fingerprint density at radius 2 is 1.80 bits per heavy atom. The predicted octanol–water partition coefficient (Wildman–Crippen LogP) is 3.55. The van der Waals surface area contributed by atoms with Gasteiger partial charge in [-0.05, 0) is 43.4 Å². The Morgan fingerprint density at radius 1 is 1.07 bits per heavy atom. The molecule has 0 unspecified atom stereocenters. The van der Waals surface area contributed by atoms with Crippen molar-refractivity contribution in [3.8, 4) is 5.75 Å². The maximum Gasteiger partial charge on any atom is 0.337 e. The number of nitrogens with zero attached hydrogens (tertiary/aromatic N) is 2. The topological polar surface area (TPSA) is 71.1 Å². The molecule has 1 amide bonds. The Balaban J connectivity index is 1.75. The molecule has 1 aliphatic rings. The van der Waals surface area contributed by atoms with Crippen LogP contribution >= 0.6 is 23.2 Å². The fraction of sp³-hybridized carbons (Fsp3) is 0.333. The van der Waals surface area contributed by atoms with Gasteiger partial charge in [-0.25, -0.2) is 4.79 Å². The molecule has 0 radical (unpaired) electrons. The Hall–Kier alpha value is -2.48. The van der Waals surface area contributed by atoms with Crippen LogP contribution in [-0.4, -0.2) is 63.7 Å². The van der Waals surface area contributed by atoms with E-state index in [0.29, 0.717) is 27.0 Å².